The summed E-state index contributed by atoms with van der Waals surface area (Å²) in [6, 6.07) is 10.7. The topological polar surface area (TPSA) is 0 Å². The van der Waals surface area contributed by atoms with E-state index >= 15 is 0 Å². The summed E-state index contributed by atoms with van der Waals surface area (Å²) in [6.07, 6.45) is 0. The molecule has 2 rings (SSSR count). The van der Waals surface area contributed by atoms with Crippen LogP contribution in [0, 0.1) is 5.41 Å². The fraction of sp³-hybridized carbons (Fsp3) is 0.500. The van der Waals surface area contributed by atoms with E-state index in [4.69, 9.17) is 0 Å². The molecule has 1 heterocycles. The van der Waals surface area contributed by atoms with Crippen molar-refractivity contribution in [2.75, 3.05) is 22.6 Å². The minimum Gasteiger partial charge on any atom is -0.161 e. The zero-order valence-corrected chi connectivity index (χ0v) is 11.8. The summed E-state index contributed by atoms with van der Waals surface area (Å²) in [4.78, 5) is 0. The average Bonchev–Trinajstić information content (AvgIpc) is 2.24. The molecule has 1 aromatic carbocycles. The first-order chi connectivity index (χ1) is 7.35. The Hall–Kier alpha value is 0.400. The van der Waals surface area contributed by atoms with Crippen molar-refractivity contribution in [1.82, 2.24) is 0 Å². The molecule has 0 aromatic heterocycles. The summed E-state index contributed by atoms with van der Waals surface area (Å²) in [5.74, 6) is 5.11. The van der Waals surface area contributed by atoms with Crippen LogP contribution >= 0.6 is 39.5 Å². The van der Waals surface area contributed by atoms with E-state index in [1.165, 1.54) is 22.8 Å². The Morgan fingerprint density at radius 1 is 1.27 bits per heavy atom. The third kappa shape index (κ3) is 3.18. The van der Waals surface area contributed by atoms with E-state index in [1.807, 2.05) is 0 Å². The second kappa shape index (κ2) is 5.65. The van der Waals surface area contributed by atoms with Crippen molar-refractivity contribution in [1.29, 1.82) is 0 Å². The SMILES string of the molecule is BrCC1(CSCc2ccccc2)CSC1. The standard InChI is InChI=1S/C12H15BrS2/c13-7-12(9-15-10-12)8-14-6-11-4-2-1-3-5-11/h1-5H,6-10H2. The van der Waals surface area contributed by atoms with Gasteiger partial charge in [-0.05, 0) is 5.56 Å². The maximum Gasteiger partial charge on any atom is 0.0184 e. The number of halogens is 1. The molecule has 0 bridgehead atoms. The molecule has 1 aromatic rings. The largest absolute Gasteiger partial charge is 0.161 e. The third-order valence-electron chi connectivity index (χ3n) is 2.62. The molecule has 0 unspecified atom stereocenters. The van der Waals surface area contributed by atoms with Gasteiger partial charge in [0.15, 0.2) is 0 Å². The van der Waals surface area contributed by atoms with Gasteiger partial charge in [0.25, 0.3) is 0 Å². The highest BCUT2D eigenvalue weighted by Gasteiger charge is 2.36. The van der Waals surface area contributed by atoms with Crippen LogP contribution in [0.2, 0.25) is 0 Å². The molecular weight excluding hydrogens is 288 g/mol. The van der Waals surface area contributed by atoms with Gasteiger partial charge in [-0.25, -0.2) is 0 Å². The van der Waals surface area contributed by atoms with Gasteiger partial charge in [0.05, 0.1) is 0 Å². The molecule has 3 heteroatoms. The summed E-state index contributed by atoms with van der Waals surface area (Å²) in [7, 11) is 0. The van der Waals surface area contributed by atoms with Gasteiger partial charge < -0.3 is 0 Å². The molecule has 0 radical (unpaired) electrons. The average molecular weight is 303 g/mol. The number of hydrogen-bond acceptors (Lipinski definition) is 2. The predicted molar refractivity (Wildman–Crippen MR) is 76.2 cm³/mol. The van der Waals surface area contributed by atoms with Gasteiger partial charge in [0, 0.05) is 33.8 Å². The van der Waals surface area contributed by atoms with Crippen LogP contribution in [0.4, 0.5) is 0 Å². The Morgan fingerprint density at radius 3 is 2.53 bits per heavy atom. The number of rotatable bonds is 5. The third-order valence-corrected chi connectivity index (χ3v) is 6.80. The van der Waals surface area contributed by atoms with Gasteiger partial charge in [-0.2, -0.15) is 23.5 Å². The second-order valence-corrected chi connectivity index (χ2v) is 6.64. The van der Waals surface area contributed by atoms with Gasteiger partial charge >= 0.3 is 0 Å². The second-order valence-electron chi connectivity index (χ2n) is 4.10. The maximum absolute atomic E-state index is 3.64. The van der Waals surface area contributed by atoms with Crippen LogP contribution in [-0.2, 0) is 5.75 Å². The summed E-state index contributed by atoms with van der Waals surface area (Å²) in [6.45, 7) is 0. The van der Waals surface area contributed by atoms with E-state index in [-0.39, 0.29) is 0 Å². The molecule has 0 nitrogen and oxygen atoms in total. The van der Waals surface area contributed by atoms with Crippen molar-refractivity contribution in [3.63, 3.8) is 0 Å². The van der Waals surface area contributed by atoms with Crippen LogP contribution in [0.15, 0.2) is 30.3 Å². The summed E-state index contributed by atoms with van der Waals surface area (Å²) >= 11 is 7.79. The molecule has 0 amide bonds. The molecule has 0 atom stereocenters. The highest BCUT2D eigenvalue weighted by molar-refractivity contribution is 9.09. The number of benzene rings is 1. The van der Waals surface area contributed by atoms with Gasteiger partial charge in [-0.3, -0.25) is 0 Å². The Kier molecular flexibility index (Phi) is 4.47. The van der Waals surface area contributed by atoms with Crippen molar-refractivity contribution in [3.05, 3.63) is 35.9 Å². The molecule has 0 saturated carbocycles. The van der Waals surface area contributed by atoms with E-state index in [2.05, 4.69) is 69.8 Å². The molecule has 0 N–H and O–H groups in total. The summed E-state index contributed by atoms with van der Waals surface area (Å²) in [5, 5.41) is 1.16. The lowest BCUT2D eigenvalue weighted by molar-refractivity contribution is 0.488. The lowest BCUT2D eigenvalue weighted by atomic mass is 9.98. The van der Waals surface area contributed by atoms with Crippen LogP contribution in [0.3, 0.4) is 0 Å². The Labute approximate surface area is 109 Å². The van der Waals surface area contributed by atoms with E-state index in [0.717, 1.165) is 11.1 Å². The lowest BCUT2D eigenvalue weighted by Crippen LogP contribution is -2.39. The molecule has 1 saturated heterocycles. The van der Waals surface area contributed by atoms with Crippen molar-refractivity contribution in [3.8, 4) is 0 Å². The van der Waals surface area contributed by atoms with Crippen LogP contribution in [-0.4, -0.2) is 22.6 Å². The predicted octanol–water partition coefficient (Wildman–Crippen LogP) is 4.05. The number of alkyl halides is 1. The number of hydrogen-bond donors (Lipinski definition) is 0. The van der Waals surface area contributed by atoms with Crippen LogP contribution in [0.5, 0.6) is 0 Å². The molecule has 82 valence electrons. The zero-order valence-electron chi connectivity index (χ0n) is 8.62. The Balaban J connectivity index is 1.75. The Morgan fingerprint density at radius 2 is 2.00 bits per heavy atom. The van der Waals surface area contributed by atoms with Crippen molar-refractivity contribution in [2.24, 2.45) is 5.41 Å². The fourth-order valence-electron chi connectivity index (χ4n) is 1.55. The van der Waals surface area contributed by atoms with Crippen molar-refractivity contribution >= 4 is 39.5 Å². The van der Waals surface area contributed by atoms with Gasteiger partial charge in [-0.15, -0.1) is 0 Å². The van der Waals surface area contributed by atoms with E-state index < -0.39 is 0 Å². The minimum atomic E-state index is 0.587. The first-order valence-electron chi connectivity index (χ1n) is 5.10. The van der Waals surface area contributed by atoms with Gasteiger partial charge in [-0.1, -0.05) is 46.3 Å². The molecule has 1 aliphatic rings. The maximum atomic E-state index is 3.64. The molecule has 0 aliphatic carbocycles. The first-order valence-corrected chi connectivity index (χ1v) is 8.53. The molecule has 1 fully saturated rings. The lowest BCUT2D eigenvalue weighted by Gasteiger charge is -2.39. The van der Waals surface area contributed by atoms with Gasteiger partial charge in [0.1, 0.15) is 0 Å². The summed E-state index contributed by atoms with van der Waals surface area (Å²) < 4.78 is 0. The van der Waals surface area contributed by atoms with E-state index in [1.54, 1.807) is 0 Å². The minimum absolute atomic E-state index is 0.587. The van der Waals surface area contributed by atoms with E-state index in [0.29, 0.717) is 5.41 Å². The Bertz CT molecular complexity index is 290. The van der Waals surface area contributed by atoms with Crippen LogP contribution in [0.25, 0.3) is 0 Å². The highest BCUT2D eigenvalue weighted by Crippen LogP contribution is 2.42. The summed E-state index contributed by atoms with van der Waals surface area (Å²) in [5.41, 5.74) is 2.03. The molecule has 1 aliphatic heterocycles. The molecule has 0 spiro atoms. The fourth-order valence-corrected chi connectivity index (χ4v) is 5.65. The van der Waals surface area contributed by atoms with Crippen LogP contribution < -0.4 is 0 Å². The van der Waals surface area contributed by atoms with E-state index in [9.17, 15) is 0 Å². The first kappa shape index (κ1) is 11.9. The molecule has 15 heavy (non-hydrogen) atoms. The van der Waals surface area contributed by atoms with Crippen molar-refractivity contribution in [2.45, 2.75) is 5.75 Å². The zero-order chi connectivity index (χ0) is 10.6. The highest BCUT2D eigenvalue weighted by atomic mass is 79.9. The quantitative estimate of drug-likeness (QED) is 0.753. The van der Waals surface area contributed by atoms with Crippen molar-refractivity contribution < 1.29 is 0 Å². The number of thioether (sulfide) groups is 2. The molecular formula is C12H15BrS2. The smallest absolute Gasteiger partial charge is 0.0184 e. The van der Waals surface area contributed by atoms with Gasteiger partial charge in [0.2, 0.25) is 0 Å². The van der Waals surface area contributed by atoms with Crippen LogP contribution in [0.1, 0.15) is 5.56 Å². The normalized spacial score (nSPS) is 18.5. The monoisotopic (exact) mass is 302 g/mol.